The van der Waals surface area contributed by atoms with Crippen LogP contribution in [0.3, 0.4) is 0 Å². The largest absolute Gasteiger partial charge is 0.379 e. The zero-order chi connectivity index (χ0) is 15.3. The predicted molar refractivity (Wildman–Crippen MR) is 83.8 cm³/mol. The Morgan fingerprint density at radius 3 is 1.95 bits per heavy atom. The average Bonchev–Trinajstić information content (AvgIpc) is 2.49. The Morgan fingerprint density at radius 1 is 0.857 bits per heavy atom. The van der Waals surface area contributed by atoms with E-state index in [9.17, 15) is 0 Å². The zero-order valence-electron chi connectivity index (χ0n) is 14.2. The highest BCUT2D eigenvalue weighted by atomic mass is 16.5. The Labute approximate surface area is 129 Å². The predicted octanol–water partition coefficient (Wildman–Crippen LogP) is 1.22. The molecule has 124 valence electrons. The van der Waals surface area contributed by atoms with Crippen LogP contribution in [0.2, 0.25) is 0 Å². The molecule has 0 aromatic rings. The summed E-state index contributed by atoms with van der Waals surface area (Å²) in [7, 11) is 0. The van der Waals surface area contributed by atoms with Gasteiger partial charge in [-0.25, -0.2) is 0 Å². The number of morpholine rings is 2. The van der Waals surface area contributed by atoms with Gasteiger partial charge in [-0.05, 0) is 27.7 Å². The molecule has 2 rings (SSSR count). The lowest BCUT2D eigenvalue weighted by Crippen LogP contribution is -2.62. The molecule has 0 bridgehead atoms. The topological polar surface area (TPSA) is 34.2 Å². The highest BCUT2D eigenvalue weighted by Crippen LogP contribution is 2.31. The Balaban J connectivity index is 1.81. The highest BCUT2D eigenvalue weighted by molar-refractivity contribution is 4.97. The Morgan fingerprint density at radius 2 is 1.38 bits per heavy atom. The van der Waals surface area contributed by atoms with Crippen LogP contribution in [0.1, 0.15) is 27.7 Å². The quantitative estimate of drug-likeness (QED) is 0.737. The molecule has 2 aliphatic heterocycles. The van der Waals surface area contributed by atoms with Crippen molar-refractivity contribution in [1.29, 1.82) is 0 Å². The second-order valence-corrected chi connectivity index (χ2v) is 6.97. The van der Waals surface area contributed by atoms with Crippen LogP contribution < -0.4 is 0 Å². The molecule has 5 heteroatoms. The number of hydrogen-bond donors (Lipinski definition) is 0. The zero-order valence-corrected chi connectivity index (χ0v) is 14.2. The smallest absolute Gasteiger partial charge is 0.0804 e. The maximum absolute atomic E-state index is 6.29. The lowest BCUT2D eigenvalue weighted by atomic mass is 9.83. The van der Waals surface area contributed by atoms with Gasteiger partial charge in [-0.2, -0.15) is 0 Å². The van der Waals surface area contributed by atoms with Crippen molar-refractivity contribution in [2.24, 2.45) is 0 Å². The van der Waals surface area contributed by atoms with Crippen LogP contribution in [-0.2, 0) is 14.2 Å². The molecular formula is C16H32N2O3. The molecule has 0 radical (unpaired) electrons. The monoisotopic (exact) mass is 300 g/mol. The summed E-state index contributed by atoms with van der Waals surface area (Å²) in [6, 6.07) is 0. The molecule has 0 unspecified atom stereocenters. The van der Waals surface area contributed by atoms with Crippen LogP contribution in [0.5, 0.6) is 0 Å². The highest BCUT2D eigenvalue weighted by Gasteiger charge is 2.43. The third-order valence-corrected chi connectivity index (χ3v) is 5.25. The summed E-state index contributed by atoms with van der Waals surface area (Å²) < 4.78 is 17.1. The summed E-state index contributed by atoms with van der Waals surface area (Å²) in [5.41, 5.74) is -0.182. The average molecular weight is 300 g/mol. The molecule has 0 saturated carbocycles. The van der Waals surface area contributed by atoms with Gasteiger partial charge in [-0.3, -0.25) is 9.80 Å². The lowest BCUT2D eigenvalue weighted by Gasteiger charge is -2.50. The van der Waals surface area contributed by atoms with E-state index in [0.29, 0.717) is 0 Å². The maximum Gasteiger partial charge on any atom is 0.0804 e. The minimum absolute atomic E-state index is 0.00178. The maximum atomic E-state index is 6.29. The molecule has 21 heavy (non-hydrogen) atoms. The van der Waals surface area contributed by atoms with Crippen LogP contribution in [0, 0.1) is 0 Å². The van der Waals surface area contributed by atoms with Crippen molar-refractivity contribution >= 4 is 0 Å². The first kappa shape index (κ1) is 17.2. The first-order valence-electron chi connectivity index (χ1n) is 8.20. The van der Waals surface area contributed by atoms with Crippen molar-refractivity contribution < 1.29 is 14.2 Å². The summed E-state index contributed by atoms with van der Waals surface area (Å²) in [6.45, 7) is 18.1. The third kappa shape index (κ3) is 4.39. The van der Waals surface area contributed by atoms with E-state index in [1.165, 1.54) is 0 Å². The van der Waals surface area contributed by atoms with Gasteiger partial charge in [0.1, 0.15) is 0 Å². The summed E-state index contributed by atoms with van der Waals surface area (Å²) in [6.07, 6.45) is 0. The summed E-state index contributed by atoms with van der Waals surface area (Å²) in [5.74, 6) is 0. The van der Waals surface area contributed by atoms with Crippen LogP contribution in [0.25, 0.3) is 0 Å². The summed E-state index contributed by atoms with van der Waals surface area (Å²) in [4.78, 5) is 4.91. The van der Waals surface area contributed by atoms with Crippen molar-refractivity contribution in [3.63, 3.8) is 0 Å². The van der Waals surface area contributed by atoms with Crippen molar-refractivity contribution in [1.82, 2.24) is 9.80 Å². The first-order valence-corrected chi connectivity index (χ1v) is 8.20. The standard InChI is InChI=1S/C16H32N2O3/c1-15(2,18-8-12-20-13-9-18)16(3,4)21-14-7-17-5-10-19-11-6-17/h5-14H2,1-4H3. The molecular weight excluding hydrogens is 268 g/mol. The molecule has 2 aliphatic rings. The molecule has 0 aliphatic carbocycles. The minimum Gasteiger partial charge on any atom is -0.379 e. The number of hydrogen-bond acceptors (Lipinski definition) is 5. The van der Waals surface area contributed by atoms with Crippen molar-refractivity contribution in [3.05, 3.63) is 0 Å². The van der Waals surface area contributed by atoms with Gasteiger partial charge in [-0.15, -0.1) is 0 Å². The van der Waals surface area contributed by atoms with Crippen LogP contribution >= 0.6 is 0 Å². The molecule has 0 spiro atoms. The Kier molecular flexibility index (Phi) is 6.03. The van der Waals surface area contributed by atoms with E-state index in [4.69, 9.17) is 14.2 Å². The summed E-state index contributed by atoms with van der Waals surface area (Å²) in [5, 5.41) is 0. The van der Waals surface area contributed by atoms with Gasteiger partial charge < -0.3 is 14.2 Å². The fourth-order valence-corrected chi connectivity index (χ4v) is 2.93. The molecule has 2 heterocycles. The van der Waals surface area contributed by atoms with Crippen LogP contribution in [0.15, 0.2) is 0 Å². The van der Waals surface area contributed by atoms with Gasteiger partial charge in [0, 0.05) is 38.3 Å². The van der Waals surface area contributed by atoms with Gasteiger partial charge in [-0.1, -0.05) is 0 Å². The van der Waals surface area contributed by atoms with Crippen LogP contribution in [0.4, 0.5) is 0 Å². The SMILES string of the molecule is CC(C)(OCCN1CCOCC1)C(C)(C)N1CCOCC1. The van der Waals surface area contributed by atoms with E-state index in [-0.39, 0.29) is 11.1 Å². The third-order valence-electron chi connectivity index (χ3n) is 5.25. The molecule has 0 N–H and O–H groups in total. The second-order valence-electron chi connectivity index (χ2n) is 6.97. The van der Waals surface area contributed by atoms with E-state index in [1.807, 2.05) is 0 Å². The number of ether oxygens (including phenoxy) is 3. The molecule has 0 aromatic carbocycles. The van der Waals surface area contributed by atoms with Crippen LogP contribution in [-0.4, -0.2) is 86.7 Å². The molecule has 0 amide bonds. The minimum atomic E-state index is -0.184. The van der Waals surface area contributed by atoms with E-state index < -0.39 is 0 Å². The van der Waals surface area contributed by atoms with Crippen molar-refractivity contribution in [2.45, 2.75) is 38.8 Å². The van der Waals surface area contributed by atoms with Gasteiger partial charge in [0.15, 0.2) is 0 Å². The summed E-state index contributed by atoms with van der Waals surface area (Å²) >= 11 is 0. The second kappa shape index (κ2) is 7.38. The molecule has 0 atom stereocenters. The fraction of sp³-hybridized carbons (Fsp3) is 1.00. The van der Waals surface area contributed by atoms with E-state index in [2.05, 4.69) is 37.5 Å². The number of nitrogens with zero attached hydrogens (tertiary/aromatic N) is 2. The van der Waals surface area contributed by atoms with Gasteiger partial charge >= 0.3 is 0 Å². The van der Waals surface area contributed by atoms with Crippen molar-refractivity contribution in [3.8, 4) is 0 Å². The lowest BCUT2D eigenvalue weighted by molar-refractivity contribution is -0.140. The van der Waals surface area contributed by atoms with E-state index in [1.54, 1.807) is 0 Å². The molecule has 5 nitrogen and oxygen atoms in total. The fourth-order valence-electron chi connectivity index (χ4n) is 2.93. The molecule has 2 fully saturated rings. The molecule has 2 saturated heterocycles. The van der Waals surface area contributed by atoms with E-state index >= 15 is 0 Å². The number of rotatable bonds is 6. The normalized spacial score (nSPS) is 23.4. The Bertz CT molecular complexity index is 309. The first-order chi connectivity index (χ1) is 9.93. The molecule has 0 aromatic heterocycles. The van der Waals surface area contributed by atoms with Crippen molar-refractivity contribution in [2.75, 3.05) is 65.8 Å². The Hall–Kier alpha value is -0.200. The van der Waals surface area contributed by atoms with Gasteiger partial charge in [0.25, 0.3) is 0 Å². The van der Waals surface area contributed by atoms with Gasteiger partial charge in [0.2, 0.25) is 0 Å². The van der Waals surface area contributed by atoms with E-state index in [0.717, 1.165) is 65.8 Å². The van der Waals surface area contributed by atoms with Gasteiger partial charge in [0.05, 0.1) is 38.6 Å².